The molecular formula is C14H20N2O4S. The Hall–Kier alpha value is -1.63. The summed E-state index contributed by atoms with van der Waals surface area (Å²) in [6.07, 6.45) is 2.06. The molecule has 2 heterocycles. The van der Waals surface area contributed by atoms with E-state index in [-0.39, 0.29) is 18.0 Å². The summed E-state index contributed by atoms with van der Waals surface area (Å²) in [4.78, 5) is 29.9. The molecule has 1 unspecified atom stereocenters. The molecule has 0 bridgehead atoms. The second-order valence-corrected chi connectivity index (χ2v) is 7.03. The van der Waals surface area contributed by atoms with Gasteiger partial charge in [0.15, 0.2) is 0 Å². The van der Waals surface area contributed by atoms with Gasteiger partial charge in [-0.15, -0.1) is 11.3 Å². The van der Waals surface area contributed by atoms with Gasteiger partial charge < -0.3 is 14.4 Å². The third-order valence-corrected chi connectivity index (χ3v) is 4.24. The van der Waals surface area contributed by atoms with Crippen LogP contribution in [0.3, 0.4) is 0 Å². The number of hydrogen-bond acceptors (Lipinski definition) is 6. The summed E-state index contributed by atoms with van der Waals surface area (Å²) in [6, 6.07) is 0. The van der Waals surface area contributed by atoms with Gasteiger partial charge in [0.05, 0.1) is 18.3 Å². The Bertz CT molecular complexity index is 535. The minimum absolute atomic E-state index is 0.154. The van der Waals surface area contributed by atoms with E-state index in [9.17, 15) is 9.59 Å². The van der Waals surface area contributed by atoms with Crippen molar-refractivity contribution in [3.05, 3.63) is 16.1 Å². The second-order valence-electron chi connectivity index (χ2n) is 5.97. The van der Waals surface area contributed by atoms with Crippen LogP contribution >= 0.6 is 11.3 Å². The Morgan fingerprint density at radius 1 is 1.43 bits per heavy atom. The van der Waals surface area contributed by atoms with Gasteiger partial charge in [-0.2, -0.15) is 0 Å². The molecular weight excluding hydrogens is 292 g/mol. The van der Waals surface area contributed by atoms with Crippen molar-refractivity contribution in [3.8, 4) is 0 Å². The van der Waals surface area contributed by atoms with Crippen LogP contribution in [0.5, 0.6) is 0 Å². The summed E-state index contributed by atoms with van der Waals surface area (Å²) in [5.41, 5.74) is -0.492. The molecule has 0 saturated carbocycles. The average Bonchev–Trinajstić information content (AvgIpc) is 3.04. The lowest BCUT2D eigenvalue weighted by Gasteiger charge is -2.24. The van der Waals surface area contributed by atoms with Crippen molar-refractivity contribution in [1.29, 1.82) is 0 Å². The lowest BCUT2D eigenvalue weighted by atomic mass is 10.1. The molecule has 1 aliphatic rings. The molecule has 1 atom stereocenters. The molecule has 7 heteroatoms. The molecule has 21 heavy (non-hydrogen) atoms. The lowest BCUT2D eigenvalue weighted by Crippen LogP contribution is -2.35. The van der Waals surface area contributed by atoms with E-state index in [1.807, 2.05) is 20.8 Å². The molecule has 116 valence electrons. The first kappa shape index (κ1) is 15.8. The molecule has 0 aliphatic carbocycles. The number of methoxy groups -OCH3 is 1. The van der Waals surface area contributed by atoms with Gasteiger partial charge in [-0.25, -0.2) is 14.6 Å². The molecule has 0 N–H and O–H groups in total. The van der Waals surface area contributed by atoms with Crippen molar-refractivity contribution >= 4 is 23.4 Å². The zero-order valence-electron chi connectivity index (χ0n) is 12.7. The van der Waals surface area contributed by atoms with Gasteiger partial charge >= 0.3 is 12.1 Å². The highest BCUT2D eigenvalue weighted by molar-refractivity contribution is 7.13. The van der Waals surface area contributed by atoms with E-state index in [1.54, 1.807) is 4.90 Å². The van der Waals surface area contributed by atoms with Gasteiger partial charge in [0.2, 0.25) is 0 Å². The Labute approximate surface area is 128 Å². The fourth-order valence-corrected chi connectivity index (χ4v) is 3.09. The maximum atomic E-state index is 12.0. The number of hydrogen-bond donors (Lipinski definition) is 0. The topological polar surface area (TPSA) is 68.7 Å². The second kappa shape index (κ2) is 6.01. The molecule has 1 fully saturated rings. The van der Waals surface area contributed by atoms with E-state index >= 15 is 0 Å². The van der Waals surface area contributed by atoms with Gasteiger partial charge in [0.25, 0.3) is 0 Å². The molecule has 2 rings (SSSR count). The molecule has 1 aromatic heterocycles. The highest BCUT2D eigenvalue weighted by atomic mass is 32.1. The van der Waals surface area contributed by atoms with Gasteiger partial charge in [0.1, 0.15) is 10.5 Å². The number of thiazole rings is 1. The number of carbonyl (C=O) groups is 2. The predicted octanol–water partition coefficient (Wildman–Crippen LogP) is 2.65. The smallest absolute Gasteiger partial charge is 0.410 e. The zero-order chi connectivity index (χ0) is 15.6. The molecule has 1 amide bonds. The summed E-state index contributed by atoms with van der Waals surface area (Å²) in [7, 11) is 1.35. The van der Waals surface area contributed by atoms with Crippen molar-refractivity contribution in [2.75, 3.05) is 20.2 Å². The SMILES string of the molecule is COC(=O)c1cnc(C2CCN(C(=O)OC(C)(C)C)C2)s1. The molecule has 1 aromatic rings. The van der Waals surface area contributed by atoms with Gasteiger partial charge in [0, 0.05) is 19.0 Å². The fourth-order valence-electron chi connectivity index (χ4n) is 2.13. The summed E-state index contributed by atoms with van der Waals surface area (Å²) in [5.74, 6) is -0.221. The normalized spacial score (nSPS) is 18.7. The van der Waals surface area contributed by atoms with Crippen LogP contribution in [0.4, 0.5) is 4.79 Å². The highest BCUT2D eigenvalue weighted by Gasteiger charge is 2.32. The maximum absolute atomic E-state index is 12.0. The largest absolute Gasteiger partial charge is 0.465 e. The van der Waals surface area contributed by atoms with Crippen molar-refractivity contribution in [3.63, 3.8) is 0 Å². The molecule has 1 saturated heterocycles. The number of esters is 1. The number of carbonyl (C=O) groups excluding carboxylic acids is 2. The fraction of sp³-hybridized carbons (Fsp3) is 0.643. The third kappa shape index (κ3) is 3.93. The predicted molar refractivity (Wildman–Crippen MR) is 78.6 cm³/mol. The van der Waals surface area contributed by atoms with Crippen LogP contribution in [0.2, 0.25) is 0 Å². The van der Waals surface area contributed by atoms with E-state index in [1.165, 1.54) is 24.6 Å². The Morgan fingerprint density at radius 2 is 2.14 bits per heavy atom. The van der Waals surface area contributed by atoms with E-state index in [0.29, 0.717) is 18.0 Å². The quantitative estimate of drug-likeness (QED) is 0.785. The molecule has 6 nitrogen and oxygen atoms in total. The summed E-state index contributed by atoms with van der Waals surface area (Å²) in [6.45, 7) is 6.77. The Balaban J connectivity index is 1.97. The van der Waals surface area contributed by atoms with Crippen LogP contribution in [0, 0.1) is 0 Å². The standard InChI is InChI=1S/C14H20N2O4S/c1-14(2,3)20-13(18)16-6-5-9(8-16)11-15-7-10(21-11)12(17)19-4/h7,9H,5-6,8H2,1-4H3. The van der Waals surface area contributed by atoms with Crippen LogP contribution in [0.25, 0.3) is 0 Å². The van der Waals surface area contributed by atoms with Crippen molar-refractivity contribution in [1.82, 2.24) is 9.88 Å². The van der Waals surface area contributed by atoms with Crippen molar-refractivity contribution < 1.29 is 19.1 Å². The first-order valence-corrected chi connectivity index (χ1v) is 7.64. The monoisotopic (exact) mass is 312 g/mol. The van der Waals surface area contributed by atoms with Crippen molar-refractivity contribution in [2.45, 2.75) is 38.7 Å². The van der Waals surface area contributed by atoms with Crippen LogP contribution in [0.1, 0.15) is 47.8 Å². The molecule has 0 aromatic carbocycles. The highest BCUT2D eigenvalue weighted by Crippen LogP contribution is 2.31. The maximum Gasteiger partial charge on any atom is 0.410 e. The minimum atomic E-state index is -0.492. The Morgan fingerprint density at radius 3 is 2.76 bits per heavy atom. The number of aromatic nitrogens is 1. The van der Waals surface area contributed by atoms with Gasteiger partial charge in [-0.05, 0) is 27.2 Å². The van der Waals surface area contributed by atoms with Crippen LogP contribution < -0.4 is 0 Å². The van der Waals surface area contributed by atoms with Crippen LogP contribution in [-0.2, 0) is 9.47 Å². The zero-order valence-corrected chi connectivity index (χ0v) is 13.5. The van der Waals surface area contributed by atoms with Crippen LogP contribution in [0.15, 0.2) is 6.20 Å². The lowest BCUT2D eigenvalue weighted by molar-refractivity contribution is 0.0292. The van der Waals surface area contributed by atoms with Crippen LogP contribution in [-0.4, -0.2) is 47.7 Å². The summed E-state index contributed by atoms with van der Waals surface area (Å²) < 4.78 is 10.0. The number of amides is 1. The first-order chi connectivity index (χ1) is 9.80. The summed E-state index contributed by atoms with van der Waals surface area (Å²) in [5, 5.41) is 0.862. The molecule has 0 spiro atoms. The van der Waals surface area contributed by atoms with Gasteiger partial charge in [-0.1, -0.05) is 0 Å². The van der Waals surface area contributed by atoms with E-state index in [4.69, 9.17) is 4.74 Å². The number of ether oxygens (including phenoxy) is 2. The number of rotatable bonds is 2. The van der Waals surface area contributed by atoms with Crippen molar-refractivity contribution in [2.24, 2.45) is 0 Å². The third-order valence-electron chi connectivity index (χ3n) is 3.10. The molecule has 0 radical (unpaired) electrons. The molecule has 1 aliphatic heterocycles. The minimum Gasteiger partial charge on any atom is -0.465 e. The first-order valence-electron chi connectivity index (χ1n) is 6.82. The Kier molecular flexibility index (Phi) is 4.51. The average molecular weight is 312 g/mol. The van der Waals surface area contributed by atoms with Gasteiger partial charge in [-0.3, -0.25) is 0 Å². The van der Waals surface area contributed by atoms with E-state index in [2.05, 4.69) is 9.72 Å². The number of nitrogens with zero attached hydrogens (tertiary/aromatic N) is 2. The number of likely N-dealkylation sites (tertiary alicyclic amines) is 1. The van der Waals surface area contributed by atoms with E-state index in [0.717, 1.165) is 11.4 Å². The summed E-state index contributed by atoms with van der Waals surface area (Å²) >= 11 is 1.33. The van der Waals surface area contributed by atoms with E-state index < -0.39 is 5.60 Å².